The first-order valence-corrected chi connectivity index (χ1v) is 5.65. The number of rotatable bonds is 3. The van der Waals surface area contributed by atoms with E-state index < -0.39 is 0 Å². The maximum absolute atomic E-state index is 9.67. The molecule has 0 saturated heterocycles. The predicted octanol–water partition coefficient (Wildman–Crippen LogP) is 1.38. The van der Waals surface area contributed by atoms with Crippen molar-refractivity contribution in [2.45, 2.75) is 17.9 Å². The molecule has 1 rings (SSSR count). The minimum atomic E-state index is -0.290. The van der Waals surface area contributed by atoms with Gasteiger partial charge in [-0.2, -0.15) is 0 Å². The highest BCUT2D eigenvalue weighted by molar-refractivity contribution is 7.98. The van der Waals surface area contributed by atoms with Gasteiger partial charge in [0.2, 0.25) is 0 Å². The Morgan fingerprint density at radius 2 is 2.14 bits per heavy atom. The Morgan fingerprint density at radius 3 is 2.64 bits per heavy atom. The Kier molecular flexibility index (Phi) is 3.80. The zero-order valence-electron chi connectivity index (χ0n) is 8.45. The lowest BCUT2D eigenvalue weighted by Gasteiger charge is -2.14. The molecule has 0 aliphatic heterocycles. The van der Waals surface area contributed by atoms with Crippen LogP contribution >= 0.6 is 11.8 Å². The average molecular weight is 212 g/mol. The Bertz CT molecular complexity index is 328. The van der Waals surface area contributed by atoms with Crippen molar-refractivity contribution in [3.05, 3.63) is 23.3 Å². The molecular formula is C10H16N2OS. The lowest BCUT2D eigenvalue weighted by molar-refractivity contribution is 0.460. The van der Waals surface area contributed by atoms with Crippen molar-refractivity contribution in [2.75, 3.05) is 12.8 Å². The molecule has 78 valence electrons. The lowest BCUT2D eigenvalue weighted by atomic mass is 10.0. The summed E-state index contributed by atoms with van der Waals surface area (Å²) < 4.78 is 0. The van der Waals surface area contributed by atoms with Crippen molar-refractivity contribution in [3.63, 3.8) is 0 Å². The molecule has 0 unspecified atom stereocenters. The number of aryl methyl sites for hydroxylation is 1. The van der Waals surface area contributed by atoms with E-state index in [1.54, 1.807) is 17.8 Å². The molecule has 0 spiro atoms. The van der Waals surface area contributed by atoms with Crippen molar-refractivity contribution >= 4 is 11.8 Å². The Labute approximate surface area is 88.5 Å². The summed E-state index contributed by atoms with van der Waals surface area (Å²) in [5.41, 5.74) is 13.0. The van der Waals surface area contributed by atoms with E-state index in [2.05, 4.69) is 0 Å². The summed E-state index contributed by atoms with van der Waals surface area (Å²) in [7, 11) is 0. The van der Waals surface area contributed by atoms with E-state index in [1.807, 2.05) is 19.2 Å². The van der Waals surface area contributed by atoms with E-state index in [0.29, 0.717) is 6.54 Å². The number of nitrogens with two attached hydrogens (primary N) is 2. The third-order valence-corrected chi connectivity index (χ3v) is 3.08. The summed E-state index contributed by atoms with van der Waals surface area (Å²) in [6.07, 6.45) is 2.00. The quantitative estimate of drug-likeness (QED) is 0.662. The van der Waals surface area contributed by atoms with Crippen LogP contribution in [0.2, 0.25) is 0 Å². The van der Waals surface area contributed by atoms with E-state index >= 15 is 0 Å². The normalized spacial score (nSPS) is 12.9. The molecule has 4 heteroatoms. The summed E-state index contributed by atoms with van der Waals surface area (Å²) in [6.45, 7) is 2.30. The van der Waals surface area contributed by atoms with E-state index in [0.717, 1.165) is 16.0 Å². The van der Waals surface area contributed by atoms with Crippen LogP contribution in [0.15, 0.2) is 17.0 Å². The van der Waals surface area contributed by atoms with Crippen molar-refractivity contribution in [1.82, 2.24) is 0 Å². The first kappa shape index (κ1) is 11.4. The summed E-state index contributed by atoms with van der Waals surface area (Å²) >= 11 is 1.64. The largest absolute Gasteiger partial charge is 0.508 e. The highest BCUT2D eigenvalue weighted by atomic mass is 32.2. The second-order valence-electron chi connectivity index (χ2n) is 3.22. The molecule has 1 aromatic rings. The molecule has 5 N–H and O–H groups in total. The molecular weight excluding hydrogens is 196 g/mol. The van der Waals surface area contributed by atoms with Gasteiger partial charge < -0.3 is 16.6 Å². The van der Waals surface area contributed by atoms with Gasteiger partial charge in [-0.05, 0) is 30.9 Å². The summed E-state index contributed by atoms with van der Waals surface area (Å²) in [5.74, 6) is 0.234. The molecule has 0 heterocycles. The fraction of sp³-hybridized carbons (Fsp3) is 0.400. The van der Waals surface area contributed by atoms with Gasteiger partial charge in [-0.1, -0.05) is 0 Å². The Morgan fingerprint density at radius 1 is 1.50 bits per heavy atom. The van der Waals surface area contributed by atoms with E-state index in [1.165, 1.54) is 0 Å². The van der Waals surface area contributed by atoms with Gasteiger partial charge >= 0.3 is 0 Å². The van der Waals surface area contributed by atoms with Crippen LogP contribution in [-0.2, 0) is 0 Å². The predicted molar refractivity (Wildman–Crippen MR) is 60.6 cm³/mol. The van der Waals surface area contributed by atoms with Crippen LogP contribution in [0, 0.1) is 6.92 Å². The van der Waals surface area contributed by atoms with Crippen molar-refractivity contribution in [2.24, 2.45) is 11.5 Å². The minimum absolute atomic E-state index is 0.234. The Hall–Kier alpha value is -0.710. The maximum atomic E-state index is 9.67. The third-order valence-electron chi connectivity index (χ3n) is 2.20. The summed E-state index contributed by atoms with van der Waals surface area (Å²) in [6, 6.07) is 3.35. The van der Waals surface area contributed by atoms with Gasteiger partial charge in [-0.15, -0.1) is 11.8 Å². The van der Waals surface area contributed by atoms with Gasteiger partial charge in [-0.25, -0.2) is 0 Å². The standard InChI is InChI=1S/C10H16N2OS/c1-6-3-9(13)7(8(12)5-11)4-10(6)14-2/h3-4,8,13H,5,11-12H2,1-2H3/t8-/m1/s1. The second-order valence-corrected chi connectivity index (χ2v) is 4.07. The first-order valence-electron chi connectivity index (χ1n) is 4.43. The molecule has 0 saturated carbocycles. The fourth-order valence-electron chi connectivity index (χ4n) is 1.33. The molecule has 0 aromatic heterocycles. The van der Waals surface area contributed by atoms with E-state index in [9.17, 15) is 5.11 Å². The van der Waals surface area contributed by atoms with Crippen molar-refractivity contribution < 1.29 is 5.11 Å². The summed E-state index contributed by atoms with van der Waals surface area (Å²) in [5, 5.41) is 9.67. The molecule has 0 aliphatic carbocycles. The number of hydrogen-bond acceptors (Lipinski definition) is 4. The number of hydrogen-bond donors (Lipinski definition) is 3. The molecule has 0 radical (unpaired) electrons. The number of phenols is 1. The third kappa shape index (κ3) is 2.20. The summed E-state index contributed by atoms with van der Waals surface area (Å²) in [4.78, 5) is 1.13. The van der Waals surface area contributed by atoms with Crippen LogP contribution < -0.4 is 11.5 Å². The maximum Gasteiger partial charge on any atom is 0.120 e. The van der Waals surface area contributed by atoms with Crippen LogP contribution in [0.1, 0.15) is 17.2 Å². The molecule has 0 bridgehead atoms. The topological polar surface area (TPSA) is 72.3 Å². The zero-order valence-corrected chi connectivity index (χ0v) is 9.27. The number of phenolic OH excluding ortho intramolecular Hbond substituents is 1. The van der Waals surface area contributed by atoms with Gasteiger partial charge in [0.15, 0.2) is 0 Å². The molecule has 3 nitrogen and oxygen atoms in total. The molecule has 0 fully saturated rings. The SMILES string of the molecule is CSc1cc([C@H](N)CN)c(O)cc1C. The number of benzene rings is 1. The van der Waals surface area contributed by atoms with Crippen LogP contribution in [0.3, 0.4) is 0 Å². The van der Waals surface area contributed by atoms with Crippen LogP contribution in [0.5, 0.6) is 5.75 Å². The second kappa shape index (κ2) is 4.68. The van der Waals surface area contributed by atoms with Gasteiger partial charge in [-0.3, -0.25) is 0 Å². The highest BCUT2D eigenvalue weighted by Crippen LogP contribution is 2.30. The first-order chi connectivity index (χ1) is 6.60. The lowest BCUT2D eigenvalue weighted by Crippen LogP contribution is -2.20. The highest BCUT2D eigenvalue weighted by Gasteiger charge is 2.11. The molecule has 0 amide bonds. The molecule has 0 aliphatic rings. The van der Waals surface area contributed by atoms with Crippen molar-refractivity contribution in [3.8, 4) is 5.75 Å². The van der Waals surface area contributed by atoms with Gasteiger partial charge in [0.05, 0.1) is 0 Å². The van der Waals surface area contributed by atoms with Crippen molar-refractivity contribution in [1.29, 1.82) is 0 Å². The molecule has 14 heavy (non-hydrogen) atoms. The van der Waals surface area contributed by atoms with Gasteiger partial charge in [0, 0.05) is 23.0 Å². The van der Waals surface area contributed by atoms with Crippen LogP contribution in [0.25, 0.3) is 0 Å². The van der Waals surface area contributed by atoms with Gasteiger partial charge in [0.25, 0.3) is 0 Å². The van der Waals surface area contributed by atoms with Crippen LogP contribution in [-0.4, -0.2) is 17.9 Å². The number of aromatic hydroxyl groups is 1. The fourth-order valence-corrected chi connectivity index (χ4v) is 1.96. The van der Waals surface area contributed by atoms with Gasteiger partial charge in [0.1, 0.15) is 5.75 Å². The van der Waals surface area contributed by atoms with Crippen LogP contribution in [0.4, 0.5) is 0 Å². The number of thioether (sulfide) groups is 1. The Balaban J connectivity index is 3.17. The van der Waals surface area contributed by atoms with E-state index in [-0.39, 0.29) is 11.8 Å². The zero-order chi connectivity index (χ0) is 10.7. The average Bonchev–Trinajstić information content (AvgIpc) is 2.17. The smallest absolute Gasteiger partial charge is 0.120 e. The molecule has 1 aromatic carbocycles. The monoisotopic (exact) mass is 212 g/mol. The van der Waals surface area contributed by atoms with E-state index in [4.69, 9.17) is 11.5 Å². The minimum Gasteiger partial charge on any atom is -0.508 e. The molecule has 1 atom stereocenters.